The molecule has 0 aliphatic rings. The van der Waals surface area contributed by atoms with Gasteiger partial charge in [0.25, 0.3) is 5.91 Å². The van der Waals surface area contributed by atoms with Gasteiger partial charge in [-0.15, -0.1) is 0 Å². The molecular weight excluding hydrogens is 322 g/mol. The molecule has 0 saturated heterocycles. The Kier molecular flexibility index (Phi) is 6.55. The molecule has 2 aromatic rings. The van der Waals surface area contributed by atoms with E-state index in [1.165, 1.54) is 0 Å². The van der Waals surface area contributed by atoms with Gasteiger partial charge in [-0.3, -0.25) is 4.79 Å². The van der Waals surface area contributed by atoms with Gasteiger partial charge in [-0.05, 0) is 49.1 Å². The number of rotatable bonds is 7. The SMILES string of the molecule is COc1ccc(OC)c([C@H](C)NC(=O)c2cccc(CSC)c2)c1. The Morgan fingerprint density at radius 1 is 1.17 bits per heavy atom. The summed E-state index contributed by atoms with van der Waals surface area (Å²) < 4.78 is 10.7. The summed E-state index contributed by atoms with van der Waals surface area (Å²) in [5, 5.41) is 3.03. The van der Waals surface area contributed by atoms with Gasteiger partial charge in [0.1, 0.15) is 11.5 Å². The largest absolute Gasteiger partial charge is 0.497 e. The molecule has 4 nitrogen and oxygen atoms in total. The number of benzene rings is 2. The summed E-state index contributed by atoms with van der Waals surface area (Å²) in [6, 6.07) is 13.1. The molecule has 0 saturated carbocycles. The zero-order valence-electron chi connectivity index (χ0n) is 14.5. The predicted octanol–water partition coefficient (Wildman–Crippen LogP) is 4.06. The Labute approximate surface area is 147 Å². The summed E-state index contributed by atoms with van der Waals surface area (Å²) in [5.41, 5.74) is 2.68. The molecule has 128 valence electrons. The topological polar surface area (TPSA) is 47.6 Å². The van der Waals surface area contributed by atoms with Crippen molar-refractivity contribution >= 4 is 17.7 Å². The molecule has 1 amide bonds. The van der Waals surface area contributed by atoms with Gasteiger partial charge in [0.15, 0.2) is 0 Å². The maximum atomic E-state index is 12.5. The van der Waals surface area contributed by atoms with Crippen LogP contribution < -0.4 is 14.8 Å². The lowest BCUT2D eigenvalue weighted by Crippen LogP contribution is -2.27. The Bertz CT molecular complexity index is 703. The summed E-state index contributed by atoms with van der Waals surface area (Å²) in [4.78, 5) is 12.5. The van der Waals surface area contributed by atoms with Gasteiger partial charge in [-0.2, -0.15) is 11.8 Å². The third-order valence-electron chi connectivity index (χ3n) is 3.75. The number of thioether (sulfide) groups is 1. The molecule has 0 aliphatic carbocycles. The van der Waals surface area contributed by atoms with Gasteiger partial charge >= 0.3 is 0 Å². The van der Waals surface area contributed by atoms with Crippen LogP contribution in [0.5, 0.6) is 11.5 Å². The van der Waals surface area contributed by atoms with E-state index in [9.17, 15) is 4.79 Å². The van der Waals surface area contributed by atoms with Crippen LogP contribution in [0, 0.1) is 0 Å². The lowest BCUT2D eigenvalue weighted by Gasteiger charge is -2.18. The van der Waals surface area contributed by atoms with E-state index in [1.807, 2.05) is 55.6 Å². The van der Waals surface area contributed by atoms with Gasteiger partial charge in [-0.25, -0.2) is 0 Å². The molecule has 0 aliphatic heterocycles. The van der Waals surface area contributed by atoms with Gasteiger partial charge in [0.2, 0.25) is 0 Å². The van der Waals surface area contributed by atoms with E-state index in [4.69, 9.17) is 9.47 Å². The van der Waals surface area contributed by atoms with Crippen LogP contribution in [0.25, 0.3) is 0 Å². The first-order valence-electron chi connectivity index (χ1n) is 7.69. The summed E-state index contributed by atoms with van der Waals surface area (Å²) in [6.07, 6.45) is 2.05. The fourth-order valence-corrected chi connectivity index (χ4v) is 3.02. The minimum atomic E-state index is -0.202. The number of carbonyl (C=O) groups is 1. The van der Waals surface area contributed by atoms with Gasteiger partial charge in [0.05, 0.1) is 20.3 Å². The highest BCUT2D eigenvalue weighted by Crippen LogP contribution is 2.29. The number of amides is 1. The molecule has 0 heterocycles. The Balaban J connectivity index is 2.18. The lowest BCUT2D eigenvalue weighted by molar-refractivity contribution is 0.0939. The number of hydrogen-bond acceptors (Lipinski definition) is 4. The average molecular weight is 345 g/mol. The third kappa shape index (κ3) is 4.45. The van der Waals surface area contributed by atoms with E-state index in [0.29, 0.717) is 5.56 Å². The van der Waals surface area contributed by atoms with Crippen molar-refractivity contribution in [3.8, 4) is 11.5 Å². The van der Waals surface area contributed by atoms with E-state index >= 15 is 0 Å². The van der Waals surface area contributed by atoms with Crippen molar-refractivity contribution in [3.63, 3.8) is 0 Å². The van der Waals surface area contributed by atoms with Gasteiger partial charge < -0.3 is 14.8 Å². The van der Waals surface area contributed by atoms with Crippen LogP contribution in [0.2, 0.25) is 0 Å². The molecule has 1 atom stereocenters. The summed E-state index contributed by atoms with van der Waals surface area (Å²) in [5.74, 6) is 2.24. The fourth-order valence-electron chi connectivity index (χ4n) is 2.50. The zero-order chi connectivity index (χ0) is 17.5. The normalized spacial score (nSPS) is 11.7. The number of nitrogens with one attached hydrogen (secondary N) is 1. The second-order valence-corrected chi connectivity index (χ2v) is 6.30. The first kappa shape index (κ1) is 18.2. The Morgan fingerprint density at radius 3 is 2.62 bits per heavy atom. The molecular formula is C19H23NO3S. The molecule has 0 bridgehead atoms. The summed E-state index contributed by atoms with van der Waals surface area (Å²) >= 11 is 1.73. The highest BCUT2D eigenvalue weighted by atomic mass is 32.2. The second-order valence-electron chi connectivity index (χ2n) is 5.44. The summed E-state index contributed by atoms with van der Waals surface area (Å²) in [6.45, 7) is 1.93. The summed E-state index contributed by atoms with van der Waals surface area (Å²) in [7, 11) is 3.23. The van der Waals surface area contributed by atoms with Crippen molar-refractivity contribution in [3.05, 3.63) is 59.2 Å². The minimum absolute atomic E-state index is 0.102. The highest BCUT2D eigenvalue weighted by Gasteiger charge is 2.16. The molecule has 0 spiro atoms. The second kappa shape index (κ2) is 8.64. The zero-order valence-corrected chi connectivity index (χ0v) is 15.3. The fraction of sp³-hybridized carbons (Fsp3) is 0.316. The van der Waals surface area contributed by atoms with Crippen LogP contribution in [0.3, 0.4) is 0 Å². The van der Waals surface area contributed by atoms with Crippen LogP contribution in [-0.2, 0) is 5.75 Å². The number of methoxy groups -OCH3 is 2. The predicted molar refractivity (Wildman–Crippen MR) is 99.1 cm³/mol. The van der Waals surface area contributed by atoms with Crippen LogP contribution >= 0.6 is 11.8 Å². The van der Waals surface area contributed by atoms with Crippen molar-refractivity contribution < 1.29 is 14.3 Å². The van der Waals surface area contributed by atoms with Crippen LogP contribution in [0.1, 0.15) is 34.5 Å². The molecule has 24 heavy (non-hydrogen) atoms. The third-order valence-corrected chi connectivity index (χ3v) is 4.37. The Morgan fingerprint density at radius 2 is 1.96 bits per heavy atom. The monoisotopic (exact) mass is 345 g/mol. The van der Waals surface area contributed by atoms with Gasteiger partial charge in [-0.1, -0.05) is 12.1 Å². The van der Waals surface area contributed by atoms with E-state index in [-0.39, 0.29) is 11.9 Å². The average Bonchev–Trinajstić information content (AvgIpc) is 2.61. The Hall–Kier alpha value is -2.14. The van der Waals surface area contributed by atoms with E-state index in [1.54, 1.807) is 26.0 Å². The van der Waals surface area contributed by atoms with Crippen LogP contribution in [0.15, 0.2) is 42.5 Å². The number of ether oxygens (including phenoxy) is 2. The smallest absolute Gasteiger partial charge is 0.251 e. The highest BCUT2D eigenvalue weighted by molar-refractivity contribution is 7.97. The van der Waals surface area contributed by atoms with Crippen LogP contribution in [0.4, 0.5) is 0 Å². The molecule has 2 rings (SSSR count). The van der Waals surface area contributed by atoms with Crippen molar-refractivity contribution in [2.75, 3.05) is 20.5 Å². The quantitative estimate of drug-likeness (QED) is 0.822. The van der Waals surface area contributed by atoms with Gasteiger partial charge in [0, 0.05) is 16.9 Å². The molecule has 5 heteroatoms. The first-order valence-corrected chi connectivity index (χ1v) is 9.09. The van der Waals surface area contributed by atoms with Crippen molar-refractivity contribution in [2.45, 2.75) is 18.7 Å². The van der Waals surface area contributed by atoms with E-state index in [2.05, 4.69) is 5.32 Å². The maximum absolute atomic E-state index is 12.5. The lowest BCUT2D eigenvalue weighted by atomic mass is 10.1. The van der Waals surface area contributed by atoms with E-state index in [0.717, 1.165) is 28.4 Å². The molecule has 2 aromatic carbocycles. The van der Waals surface area contributed by atoms with Crippen LogP contribution in [-0.4, -0.2) is 26.4 Å². The minimum Gasteiger partial charge on any atom is -0.497 e. The molecule has 0 fully saturated rings. The van der Waals surface area contributed by atoms with Crippen molar-refractivity contribution in [1.82, 2.24) is 5.32 Å². The first-order chi connectivity index (χ1) is 11.6. The molecule has 1 N–H and O–H groups in total. The maximum Gasteiger partial charge on any atom is 0.251 e. The van der Waals surface area contributed by atoms with E-state index < -0.39 is 0 Å². The number of carbonyl (C=O) groups excluding carboxylic acids is 1. The molecule has 0 unspecified atom stereocenters. The van der Waals surface area contributed by atoms with Crippen molar-refractivity contribution in [2.24, 2.45) is 0 Å². The number of hydrogen-bond donors (Lipinski definition) is 1. The molecule has 0 radical (unpaired) electrons. The standard InChI is InChI=1S/C19H23NO3S/c1-13(17-11-16(22-2)8-9-18(17)23-3)20-19(21)15-7-5-6-14(10-15)12-24-4/h5-11,13H,12H2,1-4H3,(H,20,21)/t13-/m0/s1. The van der Waals surface area contributed by atoms with Crippen molar-refractivity contribution in [1.29, 1.82) is 0 Å². The molecule has 0 aromatic heterocycles.